The van der Waals surface area contributed by atoms with Crippen LogP contribution >= 0.6 is 0 Å². The fourth-order valence-electron chi connectivity index (χ4n) is 2.30. The molecule has 3 nitrogen and oxygen atoms in total. The molecule has 0 atom stereocenters. The Kier molecular flexibility index (Phi) is 4.20. The number of aliphatic hydroxyl groups excluding tert-OH is 1. The Morgan fingerprint density at radius 2 is 2.00 bits per heavy atom. The first-order valence-electron chi connectivity index (χ1n) is 6.76. The molecular weight excluding hydrogens is 245 g/mol. The summed E-state index contributed by atoms with van der Waals surface area (Å²) in [6.45, 7) is 4.96. The summed E-state index contributed by atoms with van der Waals surface area (Å²) in [5.74, 6) is -0.495. The molecule has 1 N–H and O–H groups in total. The van der Waals surface area contributed by atoms with Crippen LogP contribution in [0, 0.1) is 5.82 Å². The maximum Gasteiger partial charge on any atom is 0.256 e. The molecule has 0 unspecified atom stereocenters. The minimum Gasteiger partial charge on any atom is -0.393 e. The van der Waals surface area contributed by atoms with Gasteiger partial charge in [0.2, 0.25) is 0 Å². The second-order valence-corrected chi connectivity index (χ2v) is 5.42. The van der Waals surface area contributed by atoms with Crippen molar-refractivity contribution in [2.45, 2.75) is 38.7 Å². The predicted molar refractivity (Wildman–Crippen MR) is 71.6 cm³/mol. The summed E-state index contributed by atoms with van der Waals surface area (Å²) in [5.41, 5.74) is 1.02. The van der Waals surface area contributed by atoms with Gasteiger partial charge in [-0.05, 0) is 36.5 Å². The van der Waals surface area contributed by atoms with E-state index in [0.717, 1.165) is 5.56 Å². The Labute approximate surface area is 113 Å². The van der Waals surface area contributed by atoms with Crippen molar-refractivity contribution in [2.24, 2.45) is 0 Å². The second kappa shape index (κ2) is 5.70. The van der Waals surface area contributed by atoms with Crippen molar-refractivity contribution in [3.8, 4) is 0 Å². The molecule has 1 aromatic rings. The van der Waals surface area contributed by atoms with Crippen molar-refractivity contribution in [1.29, 1.82) is 0 Å². The molecule has 1 aromatic carbocycles. The number of hydrogen-bond donors (Lipinski definition) is 1. The maximum absolute atomic E-state index is 14.0. The number of carbonyl (C=O) groups is 1. The van der Waals surface area contributed by atoms with Crippen molar-refractivity contribution in [1.82, 2.24) is 4.90 Å². The lowest BCUT2D eigenvalue weighted by atomic mass is 10.00. The number of benzene rings is 1. The van der Waals surface area contributed by atoms with Crippen LogP contribution in [0.2, 0.25) is 0 Å². The number of likely N-dealkylation sites (tertiary alicyclic amines) is 1. The van der Waals surface area contributed by atoms with Gasteiger partial charge in [-0.2, -0.15) is 0 Å². The summed E-state index contributed by atoms with van der Waals surface area (Å²) in [5, 5.41) is 9.42. The summed E-state index contributed by atoms with van der Waals surface area (Å²) in [4.78, 5) is 13.8. The Hall–Kier alpha value is -1.42. The monoisotopic (exact) mass is 265 g/mol. The van der Waals surface area contributed by atoms with E-state index in [2.05, 4.69) is 0 Å². The molecule has 1 aliphatic heterocycles. The Bertz CT molecular complexity index is 465. The van der Waals surface area contributed by atoms with E-state index in [1.54, 1.807) is 17.0 Å². The van der Waals surface area contributed by atoms with Crippen LogP contribution in [0.1, 0.15) is 48.5 Å². The van der Waals surface area contributed by atoms with E-state index >= 15 is 0 Å². The van der Waals surface area contributed by atoms with Crippen molar-refractivity contribution < 1.29 is 14.3 Å². The van der Waals surface area contributed by atoms with Gasteiger partial charge in [0.1, 0.15) is 5.82 Å². The largest absolute Gasteiger partial charge is 0.393 e. The first-order chi connectivity index (χ1) is 8.99. The minimum atomic E-state index is -0.456. The van der Waals surface area contributed by atoms with Crippen molar-refractivity contribution >= 4 is 5.91 Å². The minimum absolute atomic E-state index is 0.126. The third-order valence-electron chi connectivity index (χ3n) is 3.64. The number of nitrogens with zero attached hydrogens (tertiary/aromatic N) is 1. The zero-order valence-corrected chi connectivity index (χ0v) is 11.4. The zero-order valence-electron chi connectivity index (χ0n) is 11.4. The van der Waals surface area contributed by atoms with E-state index in [4.69, 9.17) is 0 Å². The number of aliphatic hydroxyl groups is 1. The third kappa shape index (κ3) is 3.13. The van der Waals surface area contributed by atoms with E-state index in [1.807, 2.05) is 13.8 Å². The molecule has 0 spiro atoms. The third-order valence-corrected chi connectivity index (χ3v) is 3.64. The van der Waals surface area contributed by atoms with Gasteiger partial charge >= 0.3 is 0 Å². The lowest BCUT2D eigenvalue weighted by molar-refractivity contribution is 0.0542. The van der Waals surface area contributed by atoms with Gasteiger partial charge in [-0.3, -0.25) is 4.79 Å². The standard InChI is InChI=1S/C15H20FNO2/c1-10(2)11-3-4-13(14(16)9-11)15(19)17-7-5-12(18)6-8-17/h3-4,9-10,12,18H,5-8H2,1-2H3. The summed E-state index contributed by atoms with van der Waals surface area (Å²) in [6.07, 6.45) is 0.798. The normalized spacial score (nSPS) is 17.0. The van der Waals surface area contributed by atoms with E-state index in [0.29, 0.717) is 25.9 Å². The van der Waals surface area contributed by atoms with Crippen LogP contribution < -0.4 is 0 Å². The van der Waals surface area contributed by atoms with E-state index < -0.39 is 5.82 Å². The van der Waals surface area contributed by atoms with Crippen LogP contribution in [0.3, 0.4) is 0 Å². The van der Waals surface area contributed by atoms with Crippen LogP contribution in [-0.2, 0) is 0 Å². The molecule has 2 rings (SSSR count). The molecular formula is C15H20FNO2. The molecule has 104 valence electrons. The first kappa shape index (κ1) is 14.0. The van der Waals surface area contributed by atoms with Gasteiger partial charge in [-0.1, -0.05) is 19.9 Å². The van der Waals surface area contributed by atoms with Gasteiger partial charge in [0.15, 0.2) is 0 Å². The number of carbonyl (C=O) groups excluding carboxylic acids is 1. The van der Waals surface area contributed by atoms with Crippen LogP contribution in [0.25, 0.3) is 0 Å². The number of halogens is 1. The molecule has 0 saturated carbocycles. The van der Waals surface area contributed by atoms with Crippen LogP contribution in [-0.4, -0.2) is 35.1 Å². The molecule has 0 aliphatic carbocycles. The molecule has 1 aliphatic rings. The molecule has 4 heteroatoms. The number of amides is 1. The van der Waals surface area contributed by atoms with Gasteiger partial charge in [-0.15, -0.1) is 0 Å². The Morgan fingerprint density at radius 3 is 2.53 bits per heavy atom. The molecule has 0 bridgehead atoms. The van der Waals surface area contributed by atoms with Gasteiger partial charge in [0.05, 0.1) is 11.7 Å². The average molecular weight is 265 g/mol. The van der Waals surface area contributed by atoms with Crippen LogP contribution in [0.4, 0.5) is 4.39 Å². The molecule has 19 heavy (non-hydrogen) atoms. The zero-order chi connectivity index (χ0) is 14.0. The van der Waals surface area contributed by atoms with Crippen molar-refractivity contribution in [2.75, 3.05) is 13.1 Å². The summed E-state index contributed by atoms with van der Waals surface area (Å²) >= 11 is 0. The van der Waals surface area contributed by atoms with Crippen molar-refractivity contribution in [3.05, 3.63) is 35.1 Å². The lowest BCUT2D eigenvalue weighted by Crippen LogP contribution is -2.40. The average Bonchev–Trinajstić information content (AvgIpc) is 2.38. The van der Waals surface area contributed by atoms with Gasteiger partial charge in [-0.25, -0.2) is 4.39 Å². The molecule has 1 amide bonds. The predicted octanol–water partition coefficient (Wildman–Crippen LogP) is 2.55. The topological polar surface area (TPSA) is 40.5 Å². The number of hydrogen-bond acceptors (Lipinski definition) is 2. The maximum atomic E-state index is 14.0. The summed E-state index contributed by atoms with van der Waals surface area (Å²) in [7, 11) is 0. The molecule has 1 heterocycles. The molecule has 0 aromatic heterocycles. The van der Waals surface area contributed by atoms with E-state index in [1.165, 1.54) is 6.07 Å². The second-order valence-electron chi connectivity index (χ2n) is 5.42. The highest BCUT2D eigenvalue weighted by Crippen LogP contribution is 2.20. The Balaban J connectivity index is 2.15. The smallest absolute Gasteiger partial charge is 0.256 e. The molecule has 1 fully saturated rings. The summed E-state index contributed by atoms with van der Waals surface area (Å²) in [6, 6.07) is 4.81. The van der Waals surface area contributed by atoms with Crippen LogP contribution in [0.5, 0.6) is 0 Å². The molecule has 0 radical (unpaired) electrons. The fraction of sp³-hybridized carbons (Fsp3) is 0.533. The number of piperidine rings is 1. The van der Waals surface area contributed by atoms with Crippen molar-refractivity contribution in [3.63, 3.8) is 0 Å². The van der Waals surface area contributed by atoms with Gasteiger partial charge in [0, 0.05) is 13.1 Å². The quantitative estimate of drug-likeness (QED) is 0.892. The van der Waals surface area contributed by atoms with E-state index in [-0.39, 0.29) is 23.5 Å². The van der Waals surface area contributed by atoms with E-state index in [9.17, 15) is 14.3 Å². The highest BCUT2D eigenvalue weighted by molar-refractivity contribution is 5.94. The van der Waals surface area contributed by atoms with Crippen LogP contribution in [0.15, 0.2) is 18.2 Å². The lowest BCUT2D eigenvalue weighted by Gasteiger charge is -2.29. The van der Waals surface area contributed by atoms with Gasteiger partial charge in [0.25, 0.3) is 5.91 Å². The first-order valence-corrected chi connectivity index (χ1v) is 6.76. The molecule has 1 saturated heterocycles. The highest BCUT2D eigenvalue weighted by Gasteiger charge is 2.24. The fourth-order valence-corrected chi connectivity index (χ4v) is 2.30. The highest BCUT2D eigenvalue weighted by atomic mass is 19.1. The summed E-state index contributed by atoms with van der Waals surface area (Å²) < 4.78 is 14.0. The number of rotatable bonds is 2. The SMILES string of the molecule is CC(C)c1ccc(C(=O)N2CCC(O)CC2)c(F)c1. The van der Waals surface area contributed by atoms with Gasteiger partial charge < -0.3 is 10.0 Å². The Morgan fingerprint density at radius 1 is 1.37 bits per heavy atom.